The van der Waals surface area contributed by atoms with Crippen molar-refractivity contribution in [2.75, 3.05) is 20.9 Å². The van der Waals surface area contributed by atoms with Crippen LogP contribution in [0.15, 0.2) is 42.4 Å². The third-order valence-corrected chi connectivity index (χ3v) is 4.91. The van der Waals surface area contributed by atoms with Crippen molar-refractivity contribution in [2.24, 2.45) is 5.92 Å². The van der Waals surface area contributed by atoms with Gasteiger partial charge in [-0.3, -0.25) is 0 Å². The molecule has 2 aliphatic rings. The highest BCUT2D eigenvalue weighted by Gasteiger charge is 2.49. The fourth-order valence-electron chi connectivity index (χ4n) is 3.92. The van der Waals surface area contributed by atoms with Crippen LogP contribution >= 0.6 is 0 Å². The van der Waals surface area contributed by atoms with Crippen molar-refractivity contribution in [1.82, 2.24) is 4.90 Å². The molecular weight excluding hydrogens is 278 g/mol. The van der Waals surface area contributed by atoms with Gasteiger partial charge < -0.3 is 19.5 Å². The maximum Gasteiger partial charge on any atom is 0.230 e. The molecule has 1 heterocycles. The van der Waals surface area contributed by atoms with E-state index in [2.05, 4.69) is 43.3 Å². The fraction of sp³-hybridized carbons (Fsp3) is 0.556. The molecule has 0 saturated heterocycles. The Labute approximate surface area is 132 Å². The average Bonchev–Trinajstić information content (AvgIpc) is 3.05. The Morgan fingerprint density at radius 2 is 2.00 bits per heavy atom. The molecule has 3 atom stereocenters. The van der Waals surface area contributed by atoms with Gasteiger partial charge >= 0.3 is 0 Å². The molecule has 1 N–H and O–H groups in total. The molecule has 3 rings (SSSR count). The van der Waals surface area contributed by atoms with Gasteiger partial charge in [-0.05, 0) is 32.5 Å². The minimum absolute atomic E-state index is 0.0894. The number of aliphatic hydroxyl groups is 1. The lowest BCUT2D eigenvalue weighted by Crippen LogP contribution is -2.48. The molecule has 0 aromatic heterocycles. The summed E-state index contributed by atoms with van der Waals surface area (Å²) in [5, 5.41) is 11.4. The summed E-state index contributed by atoms with van der Waals surface area (Å²) < 4.78 is 10.8. The summed E-state index contributed by atoms with van der Waals surface area (Å²) in [4.78, 5) is 2.20. The summed E-state index contributed by atoms with van der Waals surface area (Å²) in [7, 11) is 4.15. The molecule has 22 heavy (non-hydrogen) atoms. The molecule has 0 radical (unpaired) electrons. The van der Waals surface area contributed by atoms with Gasteiger partial charge in [-0.2, -0.15) is 0 Å². The Morgan fingerprint density at radius 3 is 2.64 bits per heavy atom. The van der Waals surface area contributed by atoms with Crippen molar-refractivity contribution in [1.29, 1.82) is 0 Å². The van der Waals surface area contributed by atoms with Gasteiger partial charge in [0.25, 0.3) is 0 Å². The Balaban J connectivity index is 1.97. The van der Waals surface area contributed by atoms with Gasteiger partial charge in [0, 0.05) is 12.0 Å². The zero-order valence-electron chi connectivity index (χ0n) is 13.4. The van der Waals surface area contributed by atoms with Gasteiger partial charge in [0.15, 0.2) is 5.76 Å². The summed E-state index contributed by atoms with van der Waals surface area (Å²) in [5.74, 6) is 0.687. The van der Waals surface area contributed by atoms with E-state index in [0.717, 1.165) is 25.7 Å². The van der Waals surface area contributed by atoms with Crippen molar-refractivity contribution in [3.8, 4) is 0 Å². The predicted octanol–water partition coefficient (Wildman–Crippen LogP) is 3.06. The maximum atomic E-state index is 11.4. The zero-order valence-corrected chi connectivity index (χ0v) is 13.4. The highest BCUT2D eigenvalue weighted by atomic mass is 16.7. The average molecular weight is 303 g/mol. The highest BCUT2D eigenvalue weighted by Crippen LogP contribution is 2.47. The topological polar surface area (TPSA) is 41.9 Å². The normalized spacial score (nSPS) is 29.6. The van der Waals surface area contributed by atoms with E-state index in [1.807, 2.05) is 6.07 Å². The van der Waals surface area contributed by atoms with E-state index >= 15 is 0 Å². The predicted molar refractivity (Wildman–Crippen MR) is 84.9 cm³/mol. The van der Waals surface area contributed by atoms with Crippen LogP contribution in [0, 0.1) is 5.92 Å². The Bertz CT molecular complexity index is 528. The summed E-state index contributed by atoms with van der Waals surface area (Å²) in [5.41, 5.74) is 0.289. The number of benzene rings is 1. The largest absolute Gasteiger partial charge is 0.461 e. The van der Waals surface area contributed by atoms with E-state index in [9.17, 15) is 5.11 Å². The number of ether oxygens (including phenoxy) is 2. The molecule has 1 aliphatic heterocycles. The van der Waals surface area contributed by atoms with Crippen molar-refractivity contribution in [2.45, 2.75) is 37.3 Å². The van der Waals surface area contributed by atoms with Crippen LogP contribution in [0.5, 0.6) is 0 Å². The lowest BCUT2D eigenvalue weighted by Gasteiger charge is -2.45. The lowest BCUT2D eigenvalue weighted by atomic mass is 9.69. The molecule has 1 saturated carbocycles. The van der Waals surface area contributed by atoms with E-state index in [1.165, 1.54) is 5.56 Å². The van der Waals surface area contributed by atoms with E-state index in [0.29, 0.717) is 5.76 Å². The van der Waals surface area contributed by atoms with Crippen molar-refractivity contribution >= 4 is 0 Å². The molecule has 1 fully saturated rings. The second-order valence-electron chi connectivity index (χ2n) is 6.51. The molecule has 0 amide bonds. The van der Waals surface area contributed by atoms with Crippen LogP contribution in [-0.4, -0.2) is 36.5 Å². The minimum Gasteiger partial charge on any atom is -0.461 e. The smallest absolute Gasteiger partial charge is 0.230 e. The molecule has 0 spiro atoms. The third-order valence-electron chi connectivity index (χ3n) is 4.91. The number of hydrogen-bond acceptors (Lipinski definition) is 4. The summed E-state index contributed by atoms with van der Waals surface area (Å²) >= 11 is 0. The van der Waals surface area contributed by atoms with E-state index in [-0.39, 0.29) is 18.8 Å². The summed E-state index contributed by atoms with van der Waals surface area (Å²) in [6.45, 7) is 0.211. The first-order valence-electron chi connectivity index (χ1n) is 8.02. The molecule has 1 aromatic rings. The number of hydrogen-bond donors (Lipinski definition) is 1. The molecule has 3 unspecified atom stereocenters. The van der Waals surface area contributed by atoms with Gasteiger partial charge in [-0.1, -0.05) is 43.2 Å². The zero-order chi connectivity index (χ0) is 15.6. The first-order chi connectivity index (χ1) is 10.6. The number of rotatable bonds is 4. The second-order valence-corrected chi connectivity index (χ2v) is 6.51. The molecule has 1 aliphatic carbocycles. The van der Waals surface area contributed by atoms with Crippen LogP contribution in [0.25, 0.3) is 0 Å². The Hall–Kier alpha value is -1.52. The van der Waals surface area contributed by atoms with Crippen LogP contribution in [-0.2, 0) is 9.47 Å². The van der Waals surface area contributed by atoms with Crippen LogP contribution in [0.3, 0.4) is 0 Å². The quantitative estimate of drug-likeness (QED) is 0.928. The Kier molecular flexibility index (Phi) is 4.41. The first kappa shape index (κ1) is 15.4. The summed E-state index contributed by atoms with van der Waals surface area (Å²) in [6.07, 6.45) is 5.45. The van der Waals surface area contributed by atoms with Crippen LogP contribution in [0.2, 0.25) is 0 Å². The SMILES string of the molecule is CN(C)C(c1ccccc1)C1CCCCC1(O)C1=COCO1. The van der Waals surface area contributed by atoms with Crippen LogP contribution in [0.4, 0.5) is 0 Å². The van der Waals surface area contributed by atoms with Gasteiger partial charge in [0.05, 0.1) is 0 Å². The van der Waals surface area contributed by atoms with Gasteiger partial charge in [0.2, 0.25) is 6.79 Å². The Morgan fingerprint density at radius 1 is 1.23 bits per heavy atom. The highest BCUT2D eigenvalue weighted by molar-refractivity contribution is 5.24. The fourth-order valence-corrected chi connectivity index (χ4v) is 3.92. The molecule has 0 bridgehead atoms. The van der Waals surface area contributed by atoms with E-state index in [1.54, 1.807) is 6.26 Å². The number of nitrogens with zero attached hydrogens (tertiary/aromatic N) is 1. The first-order valence-corrected chi connectivity index (χ1v) is 8.02. The monoisotopic (exact) mass is 303 g/mol. The van der Waals surface area contributed by atoms with E-state index < -0.39 is 5.60 Å². The van der Waals surface area contributed by atoms with Gasteiger partial charge in [-0.25, -0.2) is 0 Å². The van der Waals surface area contributed by atoms with Crippen molar-refractivity contribution < 1.29 is 14.6 Å². The van der Waals surface area contributed by atoms with E-state index in [4.69, 9.17) is 9.47 Å². The lowest BCUT2D eigenvalue weighted by molar-refractivity contribution is -0.0856. The van der Waals surface area contributed by atoms with Crippen LogP contribution in [0.1, 0.15) is 37.3 Å². The van der Waals surface area contributed by atoms with Crippen molar-refractivity contribution in [3.63, 3.8) is 0 Å². The van der Waals surface area contributed by atoms with Crippen LogP contribution < -0.4 is 0 Å². The maximum absolute atomic E-state index is 11.4. The van der Waals surface area contributed by atoms with Crippen molar-refractivity contribution in [3.05, 3.63) is 47.9 Å². The molecule has 4 heteroatoms. The molecule has 120 valence electrons. The van der Waals surface area contributed by atoms with Gasteiger partial charge in [-0.15, -0.1) is 0 Å². The second kappa shape index (κ2) is 6.31. The van der Waals surface area contributed by atoms with Gasteiger partial charge in [0.1, 0.15) is 11.9 Å². The molecule has 4 nitrogen and oxygen atoms in total. The standard InChI is InChI=1S/C18H25NO3/c1-19(2)17(14-8-4-3-5-9-14)15-10-6-7-11-18(15,20)16-12-21-13-22-16/h3-5,8-9,12,15,17,20H,6-7,10-11,13H2,1-2H3. The third kappa shape index (κ3) is 2.73. The minimum atomic E-state index is -0.945. The molecular formula is C18H25NO3. The molecule has 1 aromatic carbocycles. The summed E-state index contributed by atoms with van der Waals surface area (Å²) in [6, 6.07) is 10.6.